The van der Waals surface area contributed by atoms with Crippen molar-refractivity contribution in [2.24, 2.45) is 4.99 Å². The molecule has 1 atom stereocenters. The lowest BCUT2D eigenvalue weighted by molar-refractivity contribution is 0.177. The van der Waals surface area contributed by atoms with Gasteiger partial charge in [-0.1, -0.05) is 32.9 Å². The minimum absolute atomic E-state index is 0. The van der Waals surface area contributed by atoms with Crippen LogP contribution in [0.2, 0.25) is 0 Å². The average molecular weight is 556 g/mol. The first-order valence-electron chi connectivity index (χ1n) is 11.1. The van der Waals surface area contributed by atoms with Crippen LogP contribution in [0.25, 0.3) is 0 Å². The zero-order valence-corrected chi connectivity index (χ0v) is 22.2. The number of aliphatic imine (C=N–C) groups is 1. The number of hydrogen-bond donors (Lipinski definition) is 2. The van der Waals surface area contributed by atoms with E-state index in [-0.39, 0.29) is 35.4 Å². The van der Waals surface area contributed by atoms with Crippen molar-refractivity contribution >= 4 is 29.9 Å². The van der Waals surface area contributed by atoms with Crippen LogP contribution < -0.4 is 15.4 Å². The van der Waals surface area contributed by atoms with E-state index in [1.165, 1.54) is 5.56 Å². The van der Waals surface area contributed by atoms with Crippen LogP contribution in [0, 0.1) is 0 Å². The zero-order valence-electron chi connectivity index (χ0n) is 19.9. The van der Waals surface area contributed by atoms with Crippen molar-refractivity contribution < 1.29 is 9.47 Å². The number of hydrogen-bond acceptors (Lipinski definition) is 5. The highest BCUT2D eigenvalue weighted by atomic mass is 127. The first-order valence-corrected chi connectivity index (χ1v) is 11.1. The summed E-state index contributed by atoms with van der Waals surface area (Å²) in [6.07, 6.45) is 1.88. The van der Waals surface area contributed by atoms with E-state index in [1.807, 2.05) is 16.8 Å². The first kappa shape index (κ1) is 26.4. The van der Waals surface area contributed by atoms with Crippen LogP contribution in [0.1, 0.15) is 51.3 Å². The highest BCUT2D eigenvalue weighted by Crippen LogP contribution is 2.24. The molecule has 9 heteroatoms. The molecule has 1 aromatic carbocycles. The van der Waals surface area contributed by atoms with E-state index in [2.05, 4.69) is 65.5 Å². The van der Waals surface area contributed by atoms with Crippen LogP contribution in [0.15, 0.2) is 29.3 Å². The lowest BCUT2D eigenvalue weighted by atomic mass is 9.87. The summed E-state index contributed by atoms with van der Waals surface area (Å²) in [5.41, 5.74) is 1.45. The van der Waals surface area contributed by atoms with Crippen LogP contribution >= 0.6 is 24.0 Å². The molecule has 1 aliphatic rings. The van der Waals surface area contributed by atoms with Crippen molar-refractivity contribution in [1.29, 1.82) is 0 Å². The van der Waals surface area contributed by atoms with Gasteiger partial charge in [-0.3, -0.25) is 0 Å². The van der Waals surface area contributed by atoms with Gasteiger partial charge in [0.1, 0.15) is 24.8 Å². The molecule has 0 amide bonds. The lowest BCUT2D eigenvalue weighted by Crippen LogP contribution is -2.47. The normalized spacial score (nSPS) is 16.2. The van der Waals surface area contributed by atoms with Gasteiger partial charge in [0.05, 0.1) is 13.1 Å². The molecular weight excluding hydrogens is 519 g/mol. The number of ether oxygens (including phenoxy) is 2. The van der Waals surface area contributed by atoms with E-state index in [4.69, 9.17) is 9.47 Å². The van der Waals surface area contributed by atoms with Gasteiger partial charge in [0.25, 0.3) is 0 Å². The van der Waals surface area contributed by atoms with Gasteiger partial charge >= 0.3 is 0 Å². The molecule has 1 aromatic heterocycles. The topological polar surface area (TPSA) is 85.6 Å². The van der Waals surface area contributed by atoms with Crippen molar-refractivity contribution in [3.05, 3.63) is 41.5 Å². The Morgan fingerprint density at radius 3 is 2.66 bits per heavy atom. The maximum atomic E-state index is 5.87. The number of fused-ring (bicyclic) bond motifs is 1. The third-order valence-electron chi connectivity index (χ3n) is 5.21. The SMILES string of the molecule is CCNC(=NCCOc1ccc(C(C)(C)C)cc1)NC1CCc2nc(COC)nn2C1.I. The van der Waals surface area contributed by atoms with Crippen LogP contribution in [0.4, 0.5) is 0 Å². The van der Waals surface area contributed by atoms with Gasteiger partial charge in [0.2, 0.25) is 0 Å². The molecule has 0 saturated carbocycles. The third-order valence-corrected chi connectivity index (χ3v) is 5.21. The highest BCUT2D eigenvalue weighted by molar-refractivity contribution is 14.0. The fourth-order valence-electron chi connectivity index (χ4n) is 3.55. The zero-order chi connectivity index (χ0) is 22.3. The maximum absolute atomic E-state index is 5.87. The number of guanidine groups is 1. The Balaban J connectivity index is 0.00000363. The fraction of sp³-hybridized carbons (Fsp3) is 0.609. The molecule has 0 saturated heterocycles. The van der Waals surface area contributed by atoms with Gasteiger partial charge in [-0.2, -0.15) is 5.10 Å². The number of nitrogens with one attached hydrogen (secondary N) is 2. The number of nitrogens with zero attached hydrogens (tertiary/aromatic N) is 4. The van der Waals surface area contributed by atoms with Gasteiger partial charge in [-0.25, -0.2) is 14.7 Å². The van der Waals surface area contributed by atoms with Crippen molar-refractivity contribution in [1.82, 2.24) is 25.4 Å². The van der Waals surface area contributed by atoms with E-state index in [0.717, 1.165) is 49.3 Å². The van der Waals surface area contributed by atoms with Crippen molar-refractivity contribution in [3.8, 4) is 5.75 Å². The fourth-order valence-corrected chi connectivity index (χ4v) is 3.55. The monoisotopic (exact) mass is 556 g/mol. The summed E-state index contributed by atoms with van der Waals surface area (Å²) in [4.78, 5) is 9.21. The second kappa shape index (κ2) is 12.4. The summed E-state index contributed by atoms with van der Waals surface area (Å²) in [7, 11) is 1.66. The van der Waals surface area contributed by atoms with Crippen molar-refractivity contribution in [2.75, 3.05) is 26.8 Å². The molecular formula is C23H37IN6O2. The Kier molecular flexibility index (Phi) is 10.2. The largest absolute Gasteiger partial charge is 0.492 e. The van der Waals surface area contributed by atoms with Crippen molar-refractivity contribution in [2.45, 2.75) is 65.1 Å². The smallest absolute Gasteiger partial charge is 0.191 e. The van der Waals surface area contributed by atoms with Crippen LogP contribution in [-0.2, 0) is 29.7 Å². The Morgan fingerprint density at radius 1 is 1.25 bits per heavy atom. The molecule has 2 aromatic rings. The quantitative estimate of drug-likeness (QED) is 0.225. The molecule has 178 valence electrons. The number of rotatable bonds is 8. The molecule has 1 unspecified atom stereocenters. The molecule has 32 heavy (non-hydrogen) atoms. The summed E-state index contributed by atoms with van der Waals surface area (Å²) in [6, 6.07) is 8.58. The van der Waals surface area contributed by atoms with Crippen molar-refractivity contribution in [3.63, 3.8) is 0 Å². The number of aromatic nitrogens is 3. The van der Waals surface area contributed by atoms with Gasteiger partial charge in [-0.05, 0) is 36.5 Å². The summed E-state index contributed by atoms with van der Waals surface area (Å²) < 4.78 is 13.0. The summed E-state index contributed by atoms with van der Waals surface area (Å²) in [5, 5.41) is 11.4. The van der Waals surface area contributed by atoms with Gasteiger partial charge in [-0.15, -0.1) is 24.0 Å². The molecule has 3 rings (SSSR count). The second-order valence-corrected chi connectivity index (χ2v) is 8.82. The molecule has 0 aliphatic carbocycles. The lowest BCUT2D eigenvalue weighted by Gasteiger charge is -2.25. The molecule has 0 fully saturated rings. The molecule has 2 heterocycles. The maximum Gasteiger partial charge on any atom is 0.191 e. The standard InChI is InChI=1S/C23H36N6O2.HI/c1-6-24-22(25-13-14-31-19-10-7-17(8-11-19)23(2,3)4)26-18-9-12-21-27-20(16-30-5)28-29(21)15-18;/h7-8,10-11,18H,6,9,12-16H2,1-5H3,(H2,24,25,26);1H. The van der Waals surface area contributed by atoms with Gasteiger partial charge < -0.3 is 20.1 Å². The summed E-state index contributed by atoms with van der Waals surface area (Å²) in [5.74, 6) is 3.45. The van der Waals surface area contributed by atoms with Crippen LogP contribution in [0.3, 0.4) is 0 Å². The molecule has 8 nitrogen and oxygen atoms in total. The second-order valence-electron chi connectivity index (χ2n) is 8.82. The van der Waals surface area contributed by atoms with Crippen LogP contribution in [0.5, 0.6) is 5.75 Å². The Labute approximate surface area is 208 Å². The molecule has 2 N–H and O–H groups in total. The Hall–Kier alpha value is -1.88. The minimum Gasteiger partial charge on any atom is -0.492 e. The summed E-state index contributed by atoms with van der Waals surface area (Å²) in [6.45, 7) is 11.8. The van der Waals surface area contributed by atoms with E-state index >= 15 is 0 Å². The molecule has 0 bridgehead atoms. The first-order chi connectivity index (χ1) is 14.9. The number of methoxy groups -OCH3 is 1. The minimum atomic E-state index is 0. The molecule has 1 aliphatic heterocycles. The van der Waals surface area contributed by atoms with Gasteiger partial charge in [0.15, 0.2) is 11.8 Å². The Bertz CT molecular complexity index is 860. The van der Waals surface area contributed by atoms with E-state index in [0.29, 0.717) is 19.8 Å². The number of halogens is 1. The predicted molar refractivity (Wildman–Crippen MR) is 138 cm³/mol. The number of aryl methyl sites for hydroxylation is 1. The molecule has 0 spiro atoms. The Morgan fingerprint density at radius 2 is 2.00 bits per heavy atom. The van der Waals surface area contributed by atoms with Crippen LogP contribution in [-0.4, -0.2) is 53.6 Å². The highest BCUT2D eigenvalue weighted by Gasteiger charge is 2.22. The third kappa shape index (κ3) is 7.61. The number of benzene rings is 1. The van der Waals surface area contributed by atoms with E-state index < -0.39 is 0 Å². The van der Waals surface area contributed by atoms with Gasteiger partial charge in [0, 0.05) is 26.1 Å². The summed E-state index contributed by atoms with van der Waals surface area (Å²) >= 11 is 0. The molecule has 0 radical (unpaired) electrons. The van der Waals surface area contributed by atoms with E-state index in [9.17, 15) is 0 Å². The van der Waals surface area contributed by atoms with E-state index in [1.54, 1.807) is 7.11 Å². The average Bonchev–Trinajstić information content (AvgIpc) is 3.13. The predicted octanol–water partition coefficient (Wildman–Crippen LogP) is 3.29.